The van der Waals surface area contributed by atoms with E-state index in [1.807, 2.05) is 24.4 Å². The molecule has 1 atom stereocenters. The first-order valence-corrected chi connectivity index (χ1v) is 8.21. The first-order chi connectivity index (χ1) is 10.9. The number of rotatable bonds is 6. The molecule has 3 nitrogen and oxygen atoms in total. The molecule has 0 saturated heterocycles. The van der Waals surface area contributed by atoms with Gasteiger partial charge in [0.2, 0.25) is 0 Å². The van der Waals surface area contributed by atoms with Crippen molar-refractivity contribution in [3.63, 3.8) is 0 Å². The Balaban J connectivity index is 1.65. The molecule has 0 spiro atoms. The van der Waals surface area contributed by atoms with Crippen LogP contribution in [0, 0.1) is 5.92 Å². The van der Waals surface area contributed by atoms with E-state index >= 15 is 0 Å². The van der Waals surface area contributed by atoms with Crippen LogP contribution in [0.1, 0.15) is 31.2 Å². The minimum absolute atomic E-state index is 0.223. The Hall–Kier alpha value is -1.71. The van der Waals surface area contributed by atoms with Crippen LogP contribution in [0.15, 0.2) is 48.7 Å². The predicted octanol–water partition coefficient (Wildman–Crippen LogP) is 3.39. The second-order valence-corrected chi connectivity index (χ2v) is 6.13. The van der Waals surface area contributed by atoms with Crippen molar-refractivity contribution in [2.45, 2.75) is 38.3 Å². The summed E-state index contributed by atoms with van der Waals surface area (Å²) in [5.41, 5.74) is 3.37. The third-order valence-electron chi connectivity index (χ3n) is 4.62. The molecular weight excluding hydrogens is 272 g/mol. The lowest BCUT2D eigenvalue weighted by Crippen LogP contribution is -2.37. The molecule has 0 amide bonds. The number of aromatic nitrogens is 1. The average Bonchev–Trinajstić information content (AvgIpc) is 3.11. The monoisotopic (exact) mass is 296 g/mol. The van der Waals surface area contributed by atoms with Gasteiger partial charge in [-0.3, -0.25) is 4.98 Å². The molecule has 0 aliphatic heterocycles. The third-order valence-corrected chi connectivity index (χ3v) is 4.62. The molecule has 2 aromatic rings. The molecule has 0 bridgehead atoms. The predicted molar refractivity (Wildman–Crippen MR) is 89.3 cm³/mol. The highest BCUT2D eigenvalue weighted by Crippen LogP contribution is 2.27. The fraction of sp³-hybridized carbons (Fsp3) is 0.421. The fourth-order valence-corrected chi connectivity index (χ4v) is 3.36. The zero-order valence-corrected chi connectivity index (χ0v) is 12.9. The molecule has 1 fully saturated rings. The molecule has 2 N–H and O–H groups in total. The molecule has 1 aromatic carbocycles. The number of aliphatic hydroxyl groups is 1. The standard InChI is InChI=1S/C19H24N2O/c22-14-19(16-7-1-2-8-16)21-13-15-6-5-9-17(12-15)18-10-3-4-11-20-18/h3-6,9-12,16,19,21-22H,1-2,7-8,13-14H2. The lowest BCUT2D eigenvalue weighted by atomic mass is 9.98. The van der Waals surface area contributed by atoms with E-state index in [1.165, 1.54) is 31.2 Å². The van der Waals surface area contributed by atoms with Crippen LogP contribution in [0.2, 0.25) is 0 Å². The van der Waals surface area contributed by atoms with Gasteiger partial charge in [0.1, 0.15) is 0 Å². The summed E-state index contributed by atoms with van der Waals surface area (Å²) >= 11 is 0. The number of aliphatic hydroxyl groups excluding tert-OH is 1. The maximum absolute atomic E-state index is 9.62. The Morgan fingerprint density at radius 1 is 1.14 bits per heavy atom. The van der Waals surface area contributed by atoms with E-state index in [0.717, 1.165) is 17.8 Å². The van der Waals surface area contributed by atoms with Crippen molar-refractivity contribution in [3.05, 3.63) is 54.2 Å². The van der Waals surface area contributed by atoms with Crippen molar-refractivity contribution in [1.29, 1.82) is 0 Å². The summed E-state index contributed by atoms with van der Waals surface area (Å²) in [5, 5.41) is 13.2. The van der Waals surface area contributed by atoms with Gasteiger partial charge in [0.15, 0.2) is 0 Å². The van der Waals surface area contributed by atoms with Gasteiger partial charge < -0.3 is 10.4 Å². The molecular formula is C19H24N2O. The van der Waals surface area contributed by atoms with Crippen LogP contribution in [-0.2, 0) is 6.54 Å². The first kappa shape index (κ1) is 15.2. The SMILES string of the molecule is OCC(NCc1cccc(-c2ccccn2)c1)C1CCCC1. The van der Waals surface area contributed by atoms with Crippen LogP contribution < -0.4 is 5.32 Å². The topological polar surface area (TPSA) is 45.1 Å². The van der Waals surface area contributed by atoms with Gasteiger partial charge in [0, 0.05) is 24.3 Å². The van der Waals surface area contributed by atoms with Crippen molar-refractivity contribution in [2.24, 2.45) is 5.92 Å². The first-order valence-electron chi connectivity index (χ1n) is 8.21. The van der Waals surface area contributed by atoms with Crippen molar-refractivity contribution >= 4 is 0 Å². The van der Waals surface area contributed by atoms with Gasteiger partial charge in [-0.15, -0.1) is 0 Å². The molecule has 1 aromatic heterocycles. The summed E-state index contributed by atoms with van der Waals surface area (Å²) in [6.45, 7) is 1.02. The molecule has 1 saturated carbocycles. The van der Waals surface area contributed by atoms with Crippen molar-refractivity contribution in [2.75, 3.05) is 6.61 Å². The van der Waals surface area contributed by atoms with E-state index in [-0.39, 0.29) is 12.6 Å². The number of nitrogens with one attached hydrogen (secondary N) is 1. The van der Waals surface area contributed by atoms with E-state index < -0.39 is 0 Å². The Kier molecular flexibility index (Phi) is 5.20. The van der Waals surface area contributed by atoms with E-state index in [4.69, 9.17) is 0 Å². The Morgan fingerprint density at radius 3 is 2.73 bits per heavy atom. The number of hydrogen-bond acceptors (Lipinski definition) is 3. The van der Waals surface area contributed by atoms with E-state index in [9.17, 15) is 5.11 Å². The lowest BCUT2D eigenvalue weighted by Gasteiger charge is -2.22. The van der Waals surface area contributed by atoms with Crippen LogP contribution in [0.3, 0.4) is 0 Å². The van der Waals surface area contributed by atoms with Gasteiger partial charge >= 0.3 is 0 Å². The van der Waals surface area contributed by atoms with Gasteiger partial charge in [-0.25, -0.2) is 0 Å². The van der Waals surface area contributed by atoms with Crippen LogP contribution >= 0.6 is 0 Å². The van der Waals surface area contributed by atoms with Gasteiger partial charge in [-0.05, 0) is 42.5 Å². The number of benzene rings is 1. The quantitative estimate of drug-likeness (QED) is 0.859. The minimum atomic E-state index is 0.223. The molecule has 1 unspecified atom stereocenters. The summed E-state index contributed by atoms with van der Waals surface area (Å²) in [5.74, 6) is 0.629. The highest BCUT2D eigenvalue weighted by Gasteiger charge is 2.23. The summed E-state index contributed by atoms with van der Waals surface area (Å²) in [6, 6.07) is 14.7. The zero-order chi connectivity index (χ0) is 15.2. The summed E-state index contributed by atoms with van der Waals surface area (Å²) < 4.78 is 0. The molecule has 3 rings (SSSR count). The molecule has 1 aliphatic rings. The number of hydrogen-bond donors (Lipinski definition) is 2. The number of pyridine rings is 1. The van der Waals surface area contributed by atoms with Gasteiger partial charge in [0.05, 0.1) is 12.3 Å². The second kappa shape index (κ2) is 7.52. The molecule has 1 aliphatic carbocycles. The summed E-state index contributed by atoms with van der Waals surface area (Å²) in [7, 11) is 0. The zero-order valence-electron chi connectivity index (χ0n) is 12.9. The highest BCUT2D eigenvalue weighted by molar-refractivity contribution is 5.59. The van der Waals surface area contributed by atoms with Crippen molar-refractivity contribution < 1.29 is 5.11 Å². The van der Waals surface area contributed by atoms with Gasteiger partial charge in [-0.2, -0.15) is 0 Å². The Labute approximate surface area is 132 Å². The molecule has 1 heterocycles. The van der Waals surface area contributed by atoms with E-state index in [1.54, 1.807) is 0 Å². The van der Waals surface area contributed by atoms with Gasteiger partial charge in [0.25, 0.3) is 0 Å². The van der Waals surface area contributed by atoms with Crippen LogP contribution in [-0.4, -0.2) is 22.7 Å². The number of nitrogens with zero attached hydrogens (tertiary/aromatic N) is 1. The van der Waals surface area contributed by atoms with Crippen molar-refractivity contribution in [3.8, 4) is 11.3 Å². The minimum Gasteiger partial charge on any atom is -0.395 e. The summed E-state index contributed by atoms with van der Waals surface area (Å²) in [6.07, 6.45) is 6.91. The lowest BCUT2D eigenvalue weighted by molar-refractivity contribution is 0.198. The highest BCUT2D eigenvalue weighted by atomic mass is 16.3. The average molecular weight is 296 g/mol. The molecule has 3 heteroatoms. The van der Waals surface area contributed by atoms with E-state index in [2.05, 4.69) is 34.6 Å². The third kappa shape index (κ3) is 3.73. The maximum atomic E-state index is 9.62. The molecule has 116 valence electrons. The largest absolute Gasteiger partial charge is 0.395 e. The van der Waals surface area contributed by atoms with Gasteiger partial charge in [-0.1, -0.05) is 37.1 Å². The smallest absolute Gasteiger partial charge is 0.0702 e. The Bertz CT molecular complexity index is 579. The molecule has 0 radical (unpaired) electrons. The maximum Gasteiger partial charge on any atom is 0.0702 e. The Morgan fingerprint density at radius 2 is 2.00 bits per heavy atom. The molecule has 22 heavy (non-hydrogen) atoms. The van der Waals surface area contributed by atoms with Crippen LogP contribution in [0.25, 0.3) is 11.3 Å². The van der Waals surface area contributed by atoms with Crippen molar-refractivity contribution in [1.82, 2.24) is 10.3 Å². The van der Waals surface area contributed by atoms with E-state index in [0.29, 0.717) is 5.92 Å². The fourth-order valence-electron chi connectivity index (χ4n) is 3.36. The second-order valence-electron chi connectivity index (χ2n) is 6.13. The van der Waals surface area contributed by atoms with Crippen LogP contribution in [0.4, 0.5) is 0 Å². The normalized spacial score (nSPS) is 16.8. The van der Waals surface area contributed by atoms with Crippen LogP contribution in [0.5, 0.6) is 0 Å². The summed E-state index contributed by atoms with van der Waals surface area (Å²) in [4.78, 5) is 4.40.